The van der Waals surface area contributed by atoms with Crippen molar-refractivity contribution in [3.8, 4) is 0 Å². The SMILES string of the molecule is CC(C)(C)C(=O)NC1CC(c2ccccc2)CN(CCO)C1. The van der Waals surface area contributed by atoms with E-state index in [1.54, 1.807) is 0 Å². The van der Waals surface area contributed by atoms with Crippen LogP contribution in [-0.2, 0) is 4.79 Å². The second-order valence-corrected chi connectivity index (χ2v) is 7.25. The van der Waals surface area contributed by atoms with Crippen molar-refractivity contribution in [1.82, 2.24) is 10.2 Å². The number of carbonyl (C=O) groups is 1. The van der Waals surface area contributed by atoms with Crippen molar-refractivity contribution < 1.29 is 9.90 Å². The van der Waals surface area contributed by atoms with Crippen molar-refractivity contribution in [2.24, 2.45) is 5.41 Å². The lowest BCUT2D eigenvalue weighted by molar-refractivity contribution is -0.129. The Bertz CT molecular complexity index is 482. The summed E-state index contributed by atoms with van der Waals surface area (Å²) < 4.78 is 0. The van der Waals surface area contributed by atoms with Gasteiger partial charge in [-0.1, -0.05) is 51.1 Å². The second kappa shape index (κ2) is 7.25. The fraction of sp³-hybridized carbons (Fsp3) is 0.611. The molecule has 4 heteroatoms. The minimum Gasteiger partial charge on any atom is -0.395 e. The van der Waals surface area contributed by atoms with Crippen LogP contribution in [0.25, 0.3) is 0 Å². The fourth-order valence-electron chi connectivity index (χ4n) is 2.99. The molecule has 0 spiro atoms. The predicted molar refractivity (Wildman–Crippen MR) is 88.7 cm³/mol. The van der Waals surface area contributed by atoms with Gasteiger partial charge in [0.2, 0.25) is 5.91 Å². The van der Waals surface area contributed by atoms with E-state index in [2.05, 4.69) is 34.5 Å². The van der Waals surface area contributed by atoms with Crippen molar-refractivity contribution in [3.63, 3.8) is 0 Å². The Morgan fingerprint density at radius 3 is 2.55 bits per heavy atom. The predicted octanol–water partition coefficient (Wildman–Crippen LogP) is 2.00. The minimum absolute atomic E-state index is 0.0927. The van der Waals surface area contributed by atoms with Gasteiger partial charge in [-0.25, -0.2) is 0 Å². The van der Waals surface area contributed by atoms with Crippen LogP contribution in [0.15, 0.2) is 30.3 Å². The van der Waals surface area contributed by atoms with E-state index in [0.717, 1.165) is 19.5 Å². The van der Waals surface area contributed by atoms with Crippen LogP contribution in [0.4, 0.5) is 0 Å². The highest BCUT2D eigenvalue weighted by Gasteiger charge is 2.31. The van der Waals surface area contributed by atoms with Gasteiger partial charge in [-0.2, -0.15) is 0 Å². The van der Waals surface area contributed by atoms with Crippen molar-refractivity contribution >= 4 is 5.91 Å². The maximum Gasteiger partial charge on any atom is 0.225 e. The largest absolute Gasteiger partial charge is 0.395 e. The third-order valence-electron chi connectivity index (χ3n) is 4.23. The molecule has 0 bridgehead atoms. The number of rotatable bonds is 4. The van der Waals surface area contributed by atoms with Gasteiger partial charge in [-0.3, -0.25) is 9.69 Å². The molecule has 1 aromatic rings. The number of aliphatic hydroxyl groups excluding tert-OH is 1. The first-order valence-electron chi connectivity index (χ1n) is 8.09. The van der Waals surface area contributed by atoms with Crippen LogP contribution in [0, 0.1) is 5.41 Å². The van der Waals surface area contributed by atoms with E-state index in [4.69, 9.17) is 0 Å². The number of nitrogens with zero attached hydrogens (tertiary/aromatic N) is 1. The first kappa shape index (κ1) is 17.0. The zero-order chi connectivity index (χ0) is 16.2. The van der Waals surface area contributed by atoms with Crippen molar-refractivity contribution in [2.45, 2.75) is 39.2 Å². The average molecular weight is 304 g/mol. The number of carbonyl (C=O) groups excluding carboxylic acids is 1. The number of hydrogen-bond donors (Lipinski definition) is 2. The third kappa shape index (κ3) is 4.55. The first-order chi connectivity index (χ1) is 10.4. The number of hydrogen-bond acceptors (Lipinski definition) is 3. The van der Waals surface area contributed by atoms with Crippen molar-refractivity contribution in [2.75, 3.05) is 26.2 Å². The number of likely N-dealkylation sites (tertiary alicyclic amines) is 1. The van der Waals surface area contributed by atoms with Gasteiger partial charge in [0.1, 0.15) is 0 Å². The van der Waals surface area contributed by atoms with E-state index in [1.165, 1.54) is 5.56 Å². The van der Waals surface area contributed by atoms with Crippen LogP contribution in [0.5, 0.6) is 0 Å². The molecule has 1 amide bonds. The number of amides is 1. The van der Waals surface area contributed by atoms with E-state index in [1.807, 2.05) is 26.8 Å². The molecule has 4 nitrogen and oxygen atoms in total. The Morgan fingerprint density at radius 2 is 1.95 bits per heavy atom. The van der Waals surface area contributed by atoms with Crippen LogP contribution in [0.2, 0.25) is 0 Å². The molecule has 1 aromatic carbocycles. The van der Waals surface area contributed by atoms with Crippen LogP contribution in [0.3, 0.4) is 0 Å². The normalized spacial score (nSPS) is 23.3. The van der Waals surface area contributed by atoms with Gasteiger partial charge in [0.05, 0.1) is 6.61 Å². The molecule has 1 heterocycles. The molecule has 0 radical (unpaired) electrons. The Hall–Kier alpha value is -1.39. The topological polar surface area (TPSA) is 52.6 Å². The molecule has 0 aliphatic carbocycles. The van der Waals surface area contributed by atoms with Gasteiger partial charge in [0, 0.05) is 31.1 Å². The number of benzene rings is 1. The molecule has 2 rings (SSSR count). The summed E-state index contributed by atoms with van der Waals surface area (Å²) in [5.41, 5.74) is 0.932. The smallest absolute Gasteiger partial charge is 0.225 e. The number of nitrogens with one attached hydrogen (secondary N) is 1. The zero-order valence-electron chi connectivity index (χ0n) is 13.9. The summed E-state index contributed by atoms with van der Waals surface area (Å²) in [5.74, 6) is 0.488. The van der Waals surface area contributed by atoms with Gasteiger partial charge in [0.25, 0.3) is 0 Å². The first-order valence-corrected chi connectivity index (χ1v) is 8.09. The highest BCUT2D eigenvalue weighted by Crippen LogP contribution is 2.27. The highest BCUT2D eigenvalue weighted by molar-refractivity contribution is 5.81. The molecule has 1 aliphatic rings. The lowest BCUT2D eigenvalue weighted by Gasteiger charge is -2.39. The molecule has 0 saturated carbocycles. The van der Waals surface area contributed by atoms with Crippen LogP contribution >= 0.6 is 0 Å². The summed E-state index contributed by atoms with van der Waals surface area (Å²) in [6.07, 6.45) is 0.952. The van der Waals surface area contributed by atoms with Gasteiger partial charge >= 0.3 is 0 Å². The second-order valence-electron chi connectivity index (χ2n) is 7.25. The van der Waals surface area contributed by atoms with Crippen molar-refractivity contribution in [3.05, 3.63) is 35.9 Å². The van der Waals surface area contributed by atoms with Gasteiger partial charge in [-0.15, -0.1) is 0 Å². The molecule has 122 valence electrons. The molecular formula is C18H28N2O2. The average Bonchev–Trinajstić information content (AvgIpc) is 2.47. The van der Waals surface area contributed by atoms with Gasteiger partial charge < -0.3 is 10.4 Å². The molecule has 2 N–H and O–H groups in total. The van der Waals surface area contributed by atoms with E-state index in [-0.39, 0.29) is 24.0 Å². The van der Waals surface area contributed by atoms with Crippen LogP contribution in [-0.4, -0.2) is 48.2 Å². The Balaban J connectivity index is 2.08. The van der Waals surface area contributed by atoms with E-state index >= 15 is 0 Å². The fourth-order valence-corrected chi connectivity index (χ4v) is 2.99. The van der Waals surface area contributed by atoms with Gasteiger partial charge in [-0.05, 0) is 17.9 Å². The summed E-state index contributed by atoms with van der Waals surface area (Å²) in [5, 5.41) is 12.4. The summed E-state index contributed by atoms with van der Waals surface area (Å²) in [4.78, 5) is 14.5. The highest BCUT2D eigenvalue weighted by atomic mass is 16.3. The summed E-state index contributed by atoms with van der Waals surface area (Å²) >= 11 is 0. The quantitative estimate of drug-likeness (QED) is 0.894. The zero-order valence-corrected chi connectivity index (χ0v) is 13.9. The molecule has 1 saturated heterocycles. The maximum absolute atomic E-state index is 12.3. The van der Waals surface area contributed by atoms with E-state index in [9.17, 15) is 9.90 Å². The number of β-amino-alcohol motifs (C(OH)–C–C–N with tert-alkyl or cyclic N) is 1. The molecule has 22 heavy (non-hydrogen) atoms. The van der Waals surface area contributed by atoms with Gasteiger partial charge in [0.15, 0.2) is 0 Å². The molecule has 0 aromatic heterocycles. The Kier molecular flexibility index (Phi) is 5.59. The minimum atomic E-state index is -0.374. The van der Waals surface area contributed by atoms with Crippen molar-refractivity contribution in [1.29, 1.82) is 0 Å². The Labute approximate surface area is 133 Å². The molecule has 1 aliphatic heterocycles. The lowest BCUT2D eigenvalue weighted by Crippen LogP contribution is -2.52. The monoisotopic (exact) mass is 304 g/mol. The molecule has 2 unspecified atom stereocenters. The third-order valence-corrected chi connectivity index (χ3v) is 4.23. The standard InChI is InChI=1S/C18H28N2O2/c1-18(2,3)17(22)19-16-11-15(12-20(13-16)9-10-21)14-7-5-4-6-8-14/h4-8,15-16,21H,9-13H2,1-3H3,(H,19,22). The maximum atomic E-state index is 12.3. The van der Waals surface area contributed by atoms with Crippen LogP contribution in [0.1, 0.15) is 38.7 Å². The molecule has 1 fully saturated rings. The lowest BCUT2D eigenvalue weighted by atomic mass is 9.87. The van der Waals surface area contributed by atoms with Crippen LogP contribution < -0.4 is 5.32 Å². The number of piperidine rings is 1. The van der Waals surface area contributed by atoms with E-state index < -0.39 is 0 Å². The van der Waals surface area contributed by atoms with E-state index in [0.29, 0.717) is 12.5 Å². The molecular weight excluding hydrogens is 276 g/mol. The number of aliphatic hydroxyl groups is 1. The summed E-state index contributed by atoms with van der Waals surface area (Å²) in [6, 6.07) is 10.6. The summed E-state index contributed by atoms with van der Waals surface area (Å²) in [6.45, 7) is 8.37. The Morgan fingerprint density at radius 1 is 1.27 bits per heavy atom. The molecule has 2 atom stereocenters. The summed E-state index contributed by atoms with van der Waals surface area (Å²) in [7, 11) is 0.